The van der Waals surface area contributed by atoms with Crippen LogP contribution in [0.2, 0.25) is 0 Å². The summed E-state index contributed by atoms with van der Waals surface area (Å²) in [6.07, 6.45) is 3.61. The van der Waals surface area contributed by atoms with E-state index in [2.05, 4.69) is 9.97 Å². The number of hydrogen-bond acceptors (Lipinski definition) is 6. The average molecular weight is 368 g/mol. The number of rotatable bonds is 6. The van der Waals surface area contributed by atoms with E-state index in [1.165, 1.54) is 7.11 Å². The number of carbonyl (C=O) groups is 1. The van der Waals surface area contributed by atoms with Gasteiger partial charge in [0.15, 0.2) is 0 Å². The highest BCUT2D eigenvalue weighted by molar-refractivity contribution is 6.02. The second-order valence-electron chi connectivity index (χ2n) is 5.59. The zero-order chi connectivity index (χ0) is 19.4. The second kappa shape index (κ2) is 7.82. The molecule has 0 bridgehead atoms. The van der Waals surface area contributed by atoms with E-state index in [1.807, 2.05) is 12.1 Å². The third kappa shape index (κ3) is 3.57. The predicted octanol–water partition coefficient (Wildman–Crippen LogP) is 3.55. The van der Waals surface area contributed by atoms with E-state index in [0.717, 1.165) is 11.1 Å². The summed E-state index contributed by atoms with van der Waals surface area (Å²) >= 11 is 0. The first kappa shape index (κ1) is 18.3. The number of esters is 1. The zero-order valence-corrected chi connectivity index (χ0v) is 15.5. The lowest BCUT2D eigenvalue weighted by Gasteiger charge is -2.12. The number of carbonyl (C=O) groups excluding carboxylic acids is 1. The minimum atomic E-state index is -0.430. The van der Waals surface area contributed by atoms with Gasteiger partial charge in [0, 0.05) is 12.1 Å². The van der Waals surface area contributed by atoms with Gasteiger partial charge in [0.25, 0.3) is 0 Å². The molecular weight excluding hydrogens is 348 g/mol. The molecule has 7 nitrogen and oxygen atoms in total. The van der Waals surface area contributed by atoms with Crippen LogP contribution in [0.3, 0.4) is 0 Å². The molecule has 0 spiro atoms. The van der Waals surface area contributed by atoms with Crippen molar-refractivity contribution in [2.45, 2.75) is 0 Å². The molecule has 0 saturated heterocycles. The average Bonchev–Trinajstić information content (AvgIpc) is 3.13. The van der Waals surface area contributed by atoms with Crippen LogP contribution < -0.4 is 14.2 Å². The van der Waals surface area contributed by atoms with Crippen LogP contribution in [-0.2, 0) is 4.74 Å². The van der Waals surface area contributed by atoms with E-state index in [-0.39, 0.29) is 0 Å². The van der Waals surface area contributed by atoms with Crippen LogP contribution >= 0.6 is 0 Å². The Bertz CT molecular complexity index is 982. The Labute approximate surface area is 156 Å². The molecule has 0 radical (unpaired) electrons. The van der Waals surface area contributed by atoms with Gasteiger partial charge in [0.2, 0.25) is 0 Å². The van der Waals surface area contributed by atoms with E-state index >= 15 is 0 Å². The van der Waals surface area contributed by atoms with Gasteiger partial charge >= 0.3 is 5.97 Å². The summed E-state index contributed by atoms with van der Waals surface area (Å²) in [5, 5.41) is 0. The smallest absolute Gasteiger partial charge is 0.340 e. The molecule has 140 valence electrons. The molecule has 27 heavy (non-hydrogen) atoms. The number of nitrogens with one attached hydrogen (secondary N) is 1. The molecule has 0 atom stereocenters. The van der Waals surface area contributed by atoms with Gasteiger partial charge in [-0.25, -0.2) is 9.78 Å². The van der Waals surface area contributed by atoms with Gasteiger partial charge in [-0.1, -0.05) is 6.07 Å². The topological polar surface area (TPSA) is 82.7 Å². The molecule has 0 aliphatic carbocycles. The fraction of sp³-hybridized carbons (Fsp3) is 0.200. The molecule has 0 unspecified atom stereocenters. The number of ether oxygens (including phenoxy) is 4. The monoisotopic (exact) mass is 368 g/mol. The van der Waals surface area contributed by atoms with Crippen LogP contribution in [0.5, 0.6) is 17.2 Å². The Morgan fingerprint density at radius 1 is 1.00 bits per heavy atom. The number of hydrogen-bond donors (Lipinski definition) is 1. The number of aromatic amines is 1. The molecular formula is C20H20N2O5. The summed E-state index contributed by atoms with van der Waals surface area (Å²) in [4.78, 5) is 19.6. The first-order valence-corrected chi connectivity index (χ1v) is 8.16. The van der Waals surface area contributed by atoms with Gasteiger partial charge in [0.1, 0.15) is 28.6 Å². The Kier molecular flexibility index (Phi) is 5.30. The highest BCUT2D eigenvalue weighted by Gasteiger charge is 2.14. The molecule has 0 amide bonds. The van der Waals surface area contributed by atoms with Gasteiger partial charge in [-0.2, -0.15) is 0 Å². The van der Waals surface area contributed by atoms with E-state index in [9.17, 15) is 4.79 Å². The van der Waals surface area contributed by atoms with Crippen molar-refractivity contribution in [2.24, 2.45) is 0 Å². The zero-order valence-electron chi connectivity index (χ0n) is 15.5. The third-order valence-corrected chi connectivity index (χ3v) is 4.10. The normalized spacial score (nSPS) is 11.0. The maximum atomic E-state index is 11.9. The molecule has 0 aliphatic rings. The number of H-pyrrole nitrogens is 1. The van der Waals surface area contributed by atoms with E-state index < -0.39 is 5.97 Å². The molecule has 0 fully saturated rings. The standard InChI is InChI=1S/C20H20N2O5/c1-24-12-10-16(25-2)13(17(11-12)26-3)8-9-18-21-15-7-5-6-14(19(15)22-18)20(23)27-4/h5-11H,1-4H3,(H,21,22)/b9-8+. The highest BCUT2D eigenvalue weighted by Crippen LogP contribution is 2.35. The first-order chi connectivity index (χ1) is 13.1. The van der Waals surface area contributed by atoms with Gasteiger partial charge in [-0.15, -0.1) is 0 Å². The number of imidazole rings is 1. The summed E-state index contributed by atoms with van der Waals surface area (Å²) in [5.74, 6) is 2.00. The number of nitrogens with zero attached hydrogens (tertiary/aromatic N) is 1. The summed E-state index contributed by atoms with van der Waals surface area (Å²) in [6, 6.07) is 8.85. The fourth-order valence-corrected chi connectivity index (χ4v) is 2.76. The van der Waals surface area contributed by atoms with Crippen molar-refractivity contribution in [1.29, 1.82) is 0 Å². The number of fused-ring (bicyclic) bond motifs is 1. The van der Waals surface area contributed by atoms with Crippen molar-refractivity contribution in [2.75, 3.05) is 28.4 Å². The Hall–Kier alpha value is -3.48. The third-order valence-electron chi connectivity index (χ3n) is 4.10. The minimum Gasteiger partial charge on any atom is -0.496 e. The fourth-order valence-electron chi connectivity index (χ4n) is 2.76. The molecule has 1 N–H and O–H groups in total. The van der Waals surface area contributed by atoms with Crippen LogP contribution in [0.1, 0.15) is 21.7 Å². The predicted molar refractivity (Wildman–Crippen MR) is 102 cm³/mol. The van der Waals surface area contributed by atoms with Gasteiger partial charge in [-0.05, 0) is 24.3 Å². The van der Waals surface area contributed by atoms with Crippen molar-refractivity contribution in [3.63, 3.8) is 0 Å². The number of aromatic nitrogens is 2. The van der Waals surface area contributed by atoms with Crippen molar-refractivity contribution in [3.8, 4) is 17.2 Å². The van der Waals surface area contributed by atoms with E-state index in [4.69, 9.17) is 18.9 Å². The highest BCUT2D eigenvalue weighted by atomic mass is 16.5. The minimum absolute atomic E-state index is 0.408. The lowest BCUT2D eigenvalue weighted by atomic mass is 10.1. The number of methoxy groups -OCH3 is 4. The Balaban J connectivity index is 2.03. The number of benzene rings is 2. The Morgan fingerprint density at radius 2 is 1.70 bits per heavy atom. The van der Waals surface area contributed by atoms with Gasteiger partial charge in [-0.3, -0.25) is 0 Å². The quantitative estimate of drug-likeness (QED) is 0.670. The molecule has 3 aromatic rings. The SMILES string of the molecule is COC(=O)c1cccc2[nH]c(/C=C/c3c(OC)cc(OC)cc3OC)nc12. The molecule has 1 aromatic heterocycles. The molecule has 0 aliphatic heterocycles. The summed E-state index contributed by atoms with van der Waals surface area (Å²) < 4.78 is 20.9. The molecule has 0 saturated carbocycles. The van der Waals surface area contributed by atoms with Gasteiger partial charge < -0.3 is 23.9 Å². The first-order valence-electron chi connectivity index (χ1n) is 8.16. The summed E-state index contributed by atoms with van der Waals surface area (Å²) in [6.45, 7) is 0. The largest absolute Gasteiger partial charge is 0.496 e. The van der Waals surface area contributed by atoms with Crippen LogP contribution in [0, 0.1) is 0 Å². The van der Waals surface area contributed by atoms with Gasteiger partial charge in [0.05, 0.1) is 45.1 Å². The van der Waals surface area contributed by atoms with Crippen LogP contribution in [0.25, 0.3) is 23.2 Å². The summed E-state index contributed by atoms with van der Waals surface area (Å²) in [5.41, 5.74) is 2.45. The molecule has 7 heteroatoms. The Morgan fingerprint density at radius 3 is 2.30 bits per heavy atom. The molecule has 1 heterocycles. The van der Waals surface area contributed by atoms with Crippen molar-refractivity contribution >= 4 is 29.2 Å². The van der Waals surface area contributed by atoms with Crippen LogP contribution in [0.15, 0.2) is 30.3 Å². The second-order valence-corrected chi connectivity index (χ2v) is 5.59. The lowest BCUT2D eigenvalue weighted by Crippen LogP contribution is -2.01. The van der Waals surface area contributed by atoms with Crippen LogP contribution in [0.4, 0.5) is 0 Å². The van der Waals surface area contributed by atoms with Crippen molar-refractivity contribution in [3.05, 3.63) is 47.3 Å². The molecule has 2 aromatic carbocycles. The maximum Gasteiger partial charge on any atom is 0.340 e. The van der Waals surface area contributed by atoms with Crippen molar-refractivity contribution in [1.82, 2.24) is 9.97 Å². The summed E-state index contributed by atoms with van der Waals surface area (Å²) in [7, 11) is 6.08. The van der Waals surface area contributed by atoms with E-state index in [0.29, 0.717) is 34.2 Å². The van der Waals surface area contributed by atoms with Crippen molar-refractivity contribution < 1.29 is 23.7 Å². The van der Waals surface area contributed by atoms with Crippen LogP contribution in [-0.4, -0.2) is 44.4 Å². The maximum absolute atomic E-state index is 11.9. The van der Waals surface area contributed by atoms with E-state index in [1.54, 1.807) is 51.7 Å². The molecule has 3 rings (SSSR count). The lowest BCUT2D eigenvalue weighted by molar-refractivity contribution is 0.0603. The number of para-hydroxylation sites is 1.